The van der Waals surface area contributed by atoms with Crippen molar-refractivity contribution in [1.82, 2.24) is 4.98 Å². The minimum atomic E-state index is -0.231. The van der Waals surface area contributed by atoms with Gasteiger partial charge in [-0.1, -0.05) is 53.0 Å². The molecule has 0 spiro atoms. The summed E-state index contributed by atoms with van der Waals surface area (Å²) >= 11 is 13.7. The number of hydrogen-bond donors (Lipinski definition) is 1. The number of hydrogen-bond acceptors (Lipinski definition) is 3. The average Bonchev–Trinajstić information content (AvgIpc) is 2.97. The second-order valence-electron chi connectivity index (χ2n) is 5.08. The van der Waals surface area contributed by atoms with Gasteiger partial charge in [-0.2, -0.15) is 0 Å². The van der Waals surface area contributed by atoms with Crippen molar-refractivity contribution in [2.24, 2.45) is 5.73 Å². The van der Waals surface area contributed by atoms with Crippen LogP contribution in [0.25, 0.3) is 11.3 Å². The first kappa shape index (κ1) is 15.5. The molecule has 0 aliphatic rings. The van der Waals surface area contributed by atoms with E-state index < -0.39 is 0 Å². The van der Waals surface area contributed by atoms with Crippen LogP contribution < -0.4 is 5.73 Å². The number of rotatable bonds is 3. The third kappa shape index (κ3) is 3.18. The Morgan fingerprint density at radius 2 is 1.82 bits per heavy atom. The molecule has 2 N–H and O–H groups in total. The molecule has 0 fully saturated rings. The number of thiazole rings is 1. The maximum Gasteiger partial charge on any atom is 0.115 e. The van der Waals surface area contributed by atoms with Gasteiger partial charge in [0.25, 0.3) is 0 Å². The van der Waals surface area contributed by atoms with Crippen molar-refractivity contribution < 1.29 is 0 Å². The summed E-state index contributed by atoms with van der Waals surface area (Å²) in [6.45, 7) is 2.05. The third-order valence-electron chi connectivity index (χ3n) is 3.43. The van der Waals surface area contributed by atoms with Gasteiger partial charge in [0, 0.05) is 16.0 Å². The van der Waals surface area contributed by atoms with Gasteiger partial charge < -0.3 is 5.73 Å². The minimum absolute atomic E-state index is 0.231. The normalized spacial score (nSPS) is 12.4. The van der Waals surface area contributed by atoms with E-state index in [-0.39, 0.29) is 6.04 Å². The predicted molar refractivity (Wildman–Crippen MR) is 94.8 cm³/mol. The van der Waals surface area contributed by atoms with E-state index in [1.807, 2.05) is 29.6 Å². The fourth-order valence-corrected chi connectivity index (χ4v) is 3.52. The molecule has 1 atom stereocenters. The Kier molecular flexibility index (Phi) is 4.50. The number of halogens is 2. The Balaban J connectivity index is 1.91. The predicted octanol–water partition coefficient (Wildman–Crippen LogP) is 5.47. The lowest BCUT2D eigenvalue weighted by Crippen LogP contribution is -2.11. The summed E-state index contributed by atoms with van der Waals surface area (Å²) in [6, 6.07) is 13.4. The van der Waals surface area contributed by atoms with E-state index in [2.05, 4.69) is 24.0 Å². The number of nitrogens with two attached hydrogens (primary N) is 1. The highest BCUT2D eigenvalue weighted by molar-refractivity contribution is 7.10. The first-order valence-electron chi connectivity index (χ1n) is 6.77. The molecule has 1 aromatic heterocycles. The van der Waals surface area contributed by atoms with Gasteiger partial charge in [-0.15, -0.1) is 11.3 Å². The van der Waals surface area contributed by atoms with Crippen LogP contribution in [0, 0.1) is 6.92 Å². The van der Waals surface area contributed by atoms with Crippen LogP contribution in [0.15, 0.2) is 47.8 Å². The summed E-state index contributed by atoms with van der Waals surface area (Å²) < 4.78 is 0. The zero-order valence-corrected chi connectivity index (χ0v) is 14.2. The second-order valence-corrected chi connectivity index (χ2v) is 6.82. The smallest absolute Gasteiger partial charge is 0.115 e. The lowest BCUT2D eigenvalue weighted by atomic mass is 10.1. The lowest BCUT2D eigenvalue weighted by Gasteiger charge is -2.09. The fraction of sp³-hybridized carbons (Fsp3) is 0.118. The van der Waals surface area contributed by atoms with Crippen LogP contribution >= 0.6 is 34.5 Å². The SMILES string of the molecule is Cc1ccc(C(N)c2nc(-c3ccc(Cl)cc3Cl)cs2)cc1. The first-order chi connectivity index (χ1) is 10.5. The average molecular weight is 349 g/mol. The Hall–Kier alpha value is -1.39. The largest absolute Gasteiger partial charge is 0.318 e. The number of nitrogens with zero attached hydrogens (tertiary/aromatic N) is 1. The summed E-state index contributed by atoms with van der Waals surface area (Å²) in [7, 11) is 0. The van der Waals surface area contributed by atoms with Gasteiger partial charge in [-0.05, 0) is 30.7 Å². The molecule has 5 heteroatoms. The fourth-order valence-electron chi connectivity index (χ4n) is 2.17. The maximum absolute atomic E-state index is 6.31. The van der Waals surface area contributed by atoms with Gasteiger partial charge in [0.1, 0.15) is 5.01 Å². The van der Waals surface area contributed by atoms with Gasteiger partial charge in [0.05, 0.1) is 16.8 Å². The van der Waals surface area contributed by atoms with E-state index >= 15 is 0 Å². The number of benzene rings is 2. The molecule has 2 nitrogen and oxygen atoms in total. The van der Waals surface area contributed by atoms with Crippen molar-refractivity contribution in [3.05, 3.63) is 74.0 Å². The molecule has 0 aliphatic carbocycles. The molecule has 0 radical (unpaired) electrons. The summed E-state index contributed by atoms with van der Waals surface area (Å²) in [4.78, 5) is 4.64. The van der Waals surface area contributed by atoms with Crippen LogP contribution in [0.1, 0.15) is 22.2 Å². The van der Waals surface area contributed by atoms with E-state index in [1.54, 1.807) is 6.07 Å². The summed E-state index contributed by atoms with van der Waals surface area (Å²) in [5.74, 6) is 0. The number of aryl methyl sites for hydroxylation is 1. The third-order valence-corrected chi connectivity index (χ3v) is 4.91. The standard InChI is InChI=1S/C17H14Cl2N2S/c1-10-2-4-11(5-3-10)16(20)17-21-15(9-22-17)13-7-6-12(18)8-14(13)19/h2-9,16H,20H2,1H3. The lowest BCUT2D eigenvalue weighted by molar-refractivity contribution is 0.858. The van der Waals surface area contributed by atoms with Crippen LogP contribution in [0.4, 0.5) is 0 Å². The van der Waals surface area contributed by atoms with Crippen LogP contribution in [0.5, 0.6) is 0 Å². The van der Waals surface area contributed by atoms with Gasteiger partial charge in [-0.25, -0.2) is 4.98 Å². The molecule has 0 amide bonds. The van der Waals surface area contributed by atoms with E-state index in [0.717, 1.165) is 21.8 Å². The van der Waals surface area contributed by atoms with E-state index in [0.29, 0.717) is 10.0 Å². The monoisotopic (exact) mass is 348 g/mol. The van der Waals surface area contributed by atoms with E-state index in [1.165, 1.54) is 16.9 Å². The molecule has 0 aliphatic heterocycles. The van der Waals surface area contributed by atoms with E-state index in [4.69, 9.17) is 28.9 Å². The van der Waals surface area contributed by atoms with Crippen molar-refractivity contribution in [1.29, 1.82) is 0 Å². The minimum Gasteiger partial charge on any atom is -0.318 e. The van der Waals surface area contributed by atoms with Crippen molar-refractivity contribution in [2.75, 3.05) is 0 Å². The Bertz CT molecular complexity index is 797. The highest BCUT2D eigenvalue weighted by atomic mass is 35.5. The highest BCUT2D eigenvalue weighted by Crippen LogP contribution is 2.33. The van der Waals surface area contributed by atoms with Gasteiger partial charge in [0.2, 0.25) is 0 Å². The molecule has 112 valence electrons. The molecule has 0 saturated carbocycles. The van der Waals surface area contributed by atoms with Crippen molar-refractivity contribution in [3.63, 3.8) is 0 Å². The Morgan fingerprint density at radius 1 is 1.09 bits per heavy atom. The van der Waals surface area contributed by atoms with Crippen LogP contribution in [-0.4, -0.2) is 4.98 Å². The summed E-state index contributed by atoms with van der Waals surface area (Å²) in [6.07, 6.45) is 0. The molecule has 22 heavy (non-hydrogen) atoms. The summed E-state index contributed by atoms with van der Waals surface area (Å²) in [5.41, 5.74) is 10.3. The van der Waals surface area contributed by atoms with Gasteiger partial charge >= 0.3 is 0 Å². The summed E-state index contributed by atoms with van der Waals surface area (Å²) in [5, 5.41) is 4.04. The van der Waals surface area contributed by atoms with Gasteiger partial charge in [0.15, 0.2) is 0 Å². The molecule has 3 aromatic rings. The zero-order chi connectivity index (χ0) is 15.7. The quantitative estimate of drug-likeness (QED) is 0.681. The Labute approximate surface area is 143 Å². The molecule has 0 saturated heterocycles. The van der Waals surface area contributed by atoms with Crippen LogP contribution in [0.3, 0.4) is 0 Å². The van der Waals surface area contributed by atoms with Gasteiger partial charge in [-0.3, -0.25) is 0 Å². The van der Waals surface area contributed by atoms with Crippen LogP contribution in [0.2, 0.25) is 10.0 Å². The van der Waals surface area contributed by atoms with Crippen molar-refractivity contribution in [2.45, 2.75) is 13.0 Å². The molecule has 1 unspecified atom stereocenters. The molecule has 0 bridgehead atoms. The molecule has 3 rings (SSSR count). The van der Waals surface area contributed by atoms with Crippen molar-refractivity contribution in [3.8, 4) is 11.3 Å². The topological polar surface area (TPSA) is 38.9 Å². The molecule has 1 heterocycles. The number of aromatic nitrogens is 1. The Morgan fingerprint density at radius 3 is 2.50 bits per heavy atom. The molecular formula is C17H14Cl2N2S. The first-order valence-corrected chi connectivity index (χ1v) is 8.41. The highest BCUT2D eigenvalue weighted by Gasteiger charge is 2.15. The maximum atomic E-state index is 6.31. The zero-order valence-electron chi connectivity index (χ0n) is 11.9. The van der Waals surface area contributed by atoms with Crippen LogP contribution in [-0.2, 0) is 0 Å². The second kappa shape index (κ2) is 6.39. The van der Waals surface area contributed by atoms with Crippen molar-refractivity contribution >= 4 is 34.5 Å². The van der Waals surface area contributed by atoms with E-state index in [9.17, 15) is 0 Å². The molecular weight excluding hydrogens is 335 g/mol. The molecule has 2 aromatic carbocycles.